The molecular weight excluding hydrogens is 663 g/mol. The summed E-state index contributed by atoms with van der Waals surface area (Å²) in [5, 5.41) is 11.4. The highest BCUT2D eigenvalue weighted by atomic mass is 32.1. The molecule has 4 nitrogen and oxygen atoms in total. The quantitative estimate of drug-likeness (QED) is 0.193. The van der Waals surface area contributed by atoms with E-state index in [1.165, 1.54) is 68.2 Å². The van der Waals surface area contributed by atoms with Crippen LogP contribution in [0.1, 0.15) is 34.9 Å². The van der Waals surface area contributed by atoms with Gasteiger partial charge in [0.25, 0.3) is 0 Å². The second-order valence-corrected chi connectivity index (χ2v) is 15.7. The summed E-state index contributed by atoms with van der Waals surface area (Å²) in [7, 11) is 0. The average molecular weight is 695 g/mol. The van der Waals surface area contributed by atoms with E-state index in [0.717, 1.165) is 17.2 Å². The third kappa shape index (κ3) is 4.71. The van der Waals surface area contributed by atoms with Crippen LogP contribution in [0.2, 0.25) is 0 Å². The number of hydrogen-bond donors (Lipinski definition) is 2. The minimum atomic E-state index is -0.0960. The van der Waals surface area contributed by atoms with E-state index in [4.69, 9.17) is 9.73 Å². The van der Waals surface area contributed by atoms with E-state index in [1.807, 2.05) is 22.7 Å². The second kappa shape index (κ2) is 11.5. The molecule has 51 heavy (non-hydrogen) atoms. The SMILES string of the molecule is C1=CC2Oc3cccc(-c4cccc5c4sc4ccccc45)c3C2C=C1C1=NC(c2ccc3c(c2)sc2ccccc23)[NH2+]C(c2ccccc2)N1. The largest absolute Gasteiger partial charge is 0.485 e. The molecule has 0 bridgehead atoms. The Morgan fingerprint density at radius 2 is 1.35 bits per heavy atom. The lowest BCUT2D eigenvalue weighted by atomic mass is 9.84. The molecule has 4 unspecified atom stereocenters. The first-order valence-electron chi connectivity index (χ1n) is 17.5. The molecule has 2 aliphatic heterocycles. The van der Waals surface area contributed by atoms with E-state index >= 15 is 0 Å². The van der Waals surface area contributed by atoms with Crippen molar-refractivity contribution in [2.24, 2.45) is 4.99 Å². The maximum absolute atomic E-state index is 6.63. The van der Waals surface area contributed by atoms with Gasteiger partial charge in [-0.3, -0.25) is 5.32 Å². The summed E-state index contributed by atoms with van der Waals surface area (Å²) in [5.41, 5.74) is 7.30. The molecule has 4 heterocycles. The summed E-state index contributed by atoms with van der Waals surface area (Å²) in [6.07, 6.45) is 6.67. The van der Waals surface area contributed by atoms with Gasteiger partial charge in [0.2, 0.25) is 6.17 Å². The second-order valence-electron chi connectivity index (χ2n) is 13.6. The van der Waals surface area contributed by atoms with Crippen LogP contribution >= 0.6 is 22.7 Å². The molecule has 2 aromatic heterocycles. The Kier molecular flexibility index (Phi) is 6.59. The van der Waals surface area contributed by atoms with Crippen LogP contribution in [0.25, 0.3) is 51.5 Å². The predicted molar refractivity (Wildman–Crippen MR) is 213 cm³/mol. The number of quaternary nitrogens is 1. The summed E-state index contributed by atoms with van der Waals surface area (Å²) in [6.45, 7) is 0. The molecule has 3 aliphatic rings. The molecule has 0 saturated heterocycles. The van der Waals surface area contributed by atoms with Crippen molar-refractivity contribution >= 4 is 68.9 Å². The van der Waals surface area contributed by atoms with Crippen molar-refractivity contribution in [3.8, 4) is 16.9 Å². The van der Waals surface area contributed by atoms with Crippen LogP contribution in [0.15, 0.2) is 162 Å². The van der Waals surface area contributed by atoms with Gasteiger partial charge in [-0.25, -0.2) is 4.99 Å². The highest BCUT2D eigenvalue weighted by molar-refractivity contribution is 7.26. The summed E-state index contributed by atoms with van der Waals surface area (Å²) in [4.78, 5) is 5.42. The molecule has 0 fully saturated rings. The van der Waals surface area contributed by atoms with Crippen LogP contribution in [0.4, 0.5) is 0 Å². The van der Waals surface area contributed by atoms with Gasteiger partial charge in [-0.15, -0.1) is 22.7 Å². The van der Waals surface area contributed by atoms with Crippen molar-refractivity contribution in [2.75, 3.05) is 0 Å². The predicted octanol–water partition coefficient (Wildman–Crippen LogP) is 10.4. The smallest absolute Gasteiger partial charge is 0.209 e. The van der Waals surface area contributed by atoms with E-state index < -0.39 is 0 Å². The Hall–Kier alpha value is -5.53. The van der Waals surface area contributed by atoms with Gasteiger partial charge in [-0.2, -0.15) is 0 Å². The average Bonchev–Trinajstić information content (AvgIpc) is 3.88. The molecule has 3 N–H and O–H groups in total. The lowest BCUT2D eigenvalue weighted by Crippen LogP contribution is -2.90. The van der Waals surface area contributed by atoms with Crippen molar-refractivity contribution in [1.29, 1.82) is 0 Å². The van der Waals surface area contributed by atoms with Crippen molar-refractivity contribution in [2.45, 2.75) is 24.4 Å². The van der Waals surface area contributed by atoms with Gasteiger partial charge in [-0.05, 0) is 41.5 Å². The number of hydrogen-bond acceptors (Lipinski definition) is 5. The molecule has 244 valence electrons. The van der Waals surface area contributed by atoms with Gasteiger partial charge >= 0.3 is 0 Å². The van der Waals surface area contributed by atoms with E-state index in [-0.39, 0.29) is 24.4 Å². The number of ether oxygens (including phenoxy) is 1. The van der Waals surface area contributed by atoms with Gasteiger partial charge in [-0.1, -0.05) is 121 Å². The zero-order valence-corrected chi connectivity index (χ0v) is 29.1. The highest BCUT2D eigenvalue weighted by Gasteiger charge is 2.38. The Labute approximate surface area is 303 Å². The van der Waals surface area contributed by atoms with Crippen LogP contribution in [0, 0.1) is 0 Å². The molecule has 6 aromatic carbocycles. The van der Waals surface area contributed by atoms with Crippen LogP contribution in [0.3, 0.4) is 0 Å². The minimum absolute atomic E-state index is 0.0158. The topological polar surface area (TPSA) is 50.2 Å². The normalized spacial score (nSPS) is 20.9. The Bertz CT molecular complexity index is 2770. The number of aliphatic imine (C=N–C) groups is 1. The Morgan fingerprint density at radius 1 is 0.627 bits per heavy atom. The maximum Gasteiger partial charge on any atom is 0.209 e. The number of rotatable bonds is 4. The van der Waals surface area contributed by atoms with Crippen molar-refractivity contribution < 1.29 is 10.1 Å². The Balaban J connectivity index is 1.02. The fraction of sp³-hybridized carbons (Fsp3) is 0.0889. The molecule has 0 amide bonds. The molecule has 0 spiro atoms. The van der Waals surface area contributed by atoms with Crippen LogP contribution in [-0.4, -0.2) is 11.9 Å². The van der Waals surface area contributed by atoms with Crippen LogP contribution < -0.4 is 15.4 Å². The van der Waals surface area contributed by atoms with E-state index in [1.54, 1.807) is 0 Å². The van der Waals surface area contributed by atoms with Gasteiger partial charge in [0.05, 0.1) is 0 Å². The lowest BCUT2D eigenvalue weighted by Gasteiger charge is -2.30. The number of nitrogens with one attached hydrogen (secondary N) is 1. The number of fused-ring (bicyclic) bond motifs is 9. The van der Waals surface area contributed by atoms with E-state index in [9.17, 15) is 0 Å². The maximum atomic E-state index is 6.63. The van der Waals surface area contributed by atoms with Crippen molar-refractivity contribution in [3.63, 3.8) is 0 Å². The highest BCUT2D eigenvalue weighted by Crippen LogP contribution is 2.49. The molecule has 8 aromatic rings. The molecule has 6 heteroatoms. The first kappa shape index (κ1) is 29.2. The van der Waals surface area contributed by atoms with Crippen molar-refractivity contribution in [1.82, 2.24) is 5.32 Å². The summed E-state index contributed by atoms with van der Waals surface area (Å²) >= 11 is 3.73. The van der Waals surface area contributed by atoms with Crippen LogP contribution in [0.5, 0.6) is 5.75 Å². The summed E-state index contributed by atoms with van der Waals surface area (Å²) in [6, 6.07) is 48.3. The number of thiophene rings is 2. The molecule has 1 aliphatic carbocycles. The Morgan fingerprint density at radius 3 is 2.24 bits per heavy atom. The number of benzene rings is 6. The van der Waals surface area contributed by atoms with Crippen molar-refractivity contribution in [3.05, 3.63) is 174 Å². The van der Waals surface area contributed by atoms with Gasteiger partial charge in [0, 0.05) is 68.5 Å². The summed E-state index contributed by atoms with van der Waals surface area (Å²) in [5.74, 6) is 1.95. The third-order valence-electron chi connectivity index (χ3n) is 10.6. The zero-order chi connectivity index (χ0) is 33.5. The van der Waals surface area contributed by atoms with E-state index in [2.05, 4.69) is 162 Å². The fourth-order valence-electron chi connectivity index (χ4n) is 8.23. The van der Waals surface area contributed by atoms with Crippen LogP contribution in [-0.2, 0) is 0 Å². The first-order chi connectivity index (χ1) is 25.2. The third-order valence-corrected chi connectivity index (χ3v) is 13.0. The lowest BCUT2D eigenvalue weighted by molar-refractivity contribution is -0.739. The standard InChI is InChI=1S/C45H31N3OS2/c1-2-10-26(11-3-1)43-46-44(48-45(47-43)28-20-22-31-29-12-4-6-18-38(29)50-40(31)25-28)27-21-23-36-35(24-27)41-32(14-9-17-37(41)49-36)34-16-8-15-33-30-13-5-7-19-39(30)51-42(33)34/h1-25,35-36,43,45,47H,(H,46,48)/p+1. The molecule has 0 radical (unpaired) electrons. The number of nitrogens with zero attached hydrogens (tertiary/aromatic N) is 1. The van der Waals surface area contributed by atoms with Gasteiger partial charge in [0.1, 0.15) is 17.7 Å². The van der Waals surface area contributed by atoms with Gasteiger partial charge < -0.3 is 10.1 Å². The monoisotopic (exact) mass is 694 g/mol. The molecule has 4 atom stereocenters. The van der Waals surface area contributed by atoms with E-state index in [0.29, 0.717) is 0 Å². The zero-order valence-electron chi connectivity index (χ0n) is 27.5. The minimum Gasteiger partial charge on any atom is -0.485 e. The molecular formula is C45H32N3OS2+. The number of nitrogens with two attached hydrogens (primary N) is 1. The summed E-state index contributed by atoms with van der Waals surface area (Å²) < 4.78 is 11.9. The molecule has 0 saturated carbocycles. The first-order valence-corrected chi connectivity index (χ1v) is 19.1. The van der Waals surface area contributed by atoms with Gasteiger partial charge in [0.15, 0.2) is 6.17 Å². The molecule has 11 rings (SSSR count). The number of amidine groups is 1. The fourth-order valence-corrected chi connectivity index (χ4v) is 10.6.